The topological polar surface area (TPSA) is 77.3 Å². The molecule has 0 saturated heterocycles. The summed E-state index contributed by atoms with van der Waals surface area (Å²) in [6.45, 7) is 4.33. The summed E-state index contributed by atoms with van der Waals surface area (Å²) < 4.78 is 0. The Bertz CT molecular complexity index is 2850. The Morgan fingerprint density at radius 2 is 0.869 bits per heavy atom. The maximum Gasteiger partial charge on any atom is 0.164 e. The van der Waals surface area contributed by atoms with Crippen molar-refractivity contribution in [2.45, 2.75) is 20.3 Å². The van der Waals surface area contributed by atoms with Gasteiger partial charge in [-0.25, -0.2) is 29.9 Å². The first kappa shape index (κ1) is 38.6. The van der Waals surface area contributed by atoms with Gasteiger partial charge < -0.3 is 0 Å². The molecule has 0 atom stereocenters. The van der Waals surface area contributed by atoms with Gasteiger partial charge in [0.2, 0.25) is 0 Å². The molecule has 0 saturated carbocycles. The minimum atomic E-state index is 0.639. The van der Waals surface area contributed by atoms with Crippen molar-refractivity contribution in [3.05, 3.63) is 228 Å². The van der Waals surface area contributed by atoms with Crippen molar-refractivity contribution in [1.82, 2.24) is 29.9 Å². The molecule has 292 valence electrons. The lowest BCUT2D eigenvalue weighted by atomic mass is 9.95. The van der Waals surface area contributed by atoms with E-state index in [2.05, 4.69) is 98.8 Å². The van der Waals surface area contributed by atoms with Gasteiger partial charge in [0, 0.05) is 33.4 Å². The van der Waals surface area contributed by atoms with Gasteiger partial charge in [0.25, 0.3) is 0 Å². The second-order valence-electron chi connectivity index (χ2n) is 14.8. The average molecular weight is 787 g/mol. The van der Waals surface area contributed by atoms with Crippen LogP contribution in [-0.4, -0.2) is 29.9 Å². The fraction of sp³-hybridized carbons (Fsp3) is 0.0545. The lowest BCUT2D eigenvalue weighted by Gasteiger charge is -2.11. The standard InChI is InChI=1S/C55H42N6/c1-38(40-27-16-30-47(35-32-40)54-58-50(43-19-7-3-8-20-43)56-51(59-54)44-21-9-4-10-22-44)18-15-28-41-29-17-31-49(39(41)2)42-33-36-48(37-34-42)55-60-52(45-23-11-5-12-24-45)57-53(61-55)46-25-13-6-14-26-46/h3-29,31-37H,30H2,1-2H3/b28-15-,38-18+. The number of nitrogens with zero attached hydrogens (tertiary/aromatic N) is 6. The Morgan fingerprint density at radius 3 is 1.34 bits per heavy atom. The number of benzene rings is 6. The largest absolute Gasteiger partial charge is 0.209 e. The van der Waals surface area contributed by atoms with Gasteiger partial charge in [0.1, 0.15) is 0 Å². The molecule has 1 aliphatic carbocycles. The maximum atomic E-state index is 4.94. The van der Waals surface area contributed by atoms with Crippen molar-refractivity contribution in [1.29, 1.82) is 0 Å². The van der Waals surface area contributed by atoms with E-state index in [1.807, 2.05) is 121 Å². The molecule has 0 spiro atoms. The van der Waals surface area contributed by atoms with Gasteiger partial charge in [-0.2, -0.15) is 0 Å². The Kier molecular flexibility index (Phi) is 11.3. The van der Waals surface area contributed by atoms with Gasteiger partial charge in [-0.1, -0.05) is 206 Å². The van der Waals surface area contributed by atoms with Crippen molar-refractivity contribution in [3.8, 4) is 68.1 Å². The van der Waals surface area contributed by atoms with Crippen LogP contribution >= 0.6 is 0 Å². The molecule has 6 heteroatoms. The predicted octanol–water partition coefficient (Wildman–Crippen LogP) is 13.3. The first-order valence-corrected chi connectivity index (χ1v) is 20.4. The van der Waals surface area contributed by atoms with Crippen LogP contribution < -0.4 is 0 Å². The minimum absolute atomic E-state index is 0.639. The molecular weight excluding hydrogens is 745 g/mol. The Balaban J connectivity index is 0.947. The molecule has 0 aliphatic heterocycles. The molecule has 0 N–H and O–H groups in total. The van der Waals surface area contributed by atoms with Gasteiger partial charge in [0.15, 0.2) is 34.9 Å². The molecule has 0 amide bonds. The zero-order valence-corrected chi connectivity index (χ0v) is 34.0. The third kappa shape index (κ3) is 8.89. The third-order valence-corrected chi connectivity index (χ3v) is 10.7. The predicted molar refractivity (Wildman–Crippen MR) is 250 cm³/mol. The van der Waals surface area contributed by atoms with Crippen LogP contribution in [-0.2, 0) is 0 Å². The van der Waals surface area contributed by atoms with Gasteiger partial charge in [-0.3, -0.25) is 0 Å². The number of hydrogen-bond donors (Lipinski definition) is 0. The Morgan fingerprint density at radius 1 is 0.443 bits per heavy atom. The van der Waals surface area contributed by atoms with Crippen LogP contribution in [0.25, 0.3) is 79.7 Å². The number of hydrogen-bond acceptors (Lipinski definition) is 6. The fourth-order valence-corrected chi connectivity index (χ4v) is 7.28. The van der Waals surface area contributed by atoms with Gasteiger partial charge in [-0.05, 0) is 53.7 Å². The van der Waals surface area contributed by atoms with E-state index in [-0.39, 0.29) is 0 Å². The maximum absolute atomic E-state index is 4.94. The first-order valence-electron chi connectivity index (χ1n) is 20.4. The highest BCUT2D eigenvalue weighted by molar-refractivity contribution is 5.76. The van der Waals surface area contributed by atoms with Gasteiger partial charge in [-0.15, -0.1) is 0 Å². The number of aromatic nitrogens is 6. The van der Waals surface area contributed by atoms with Crippen LogP contribution in [0.4, 0.5) is 0 Å². The summed E-state index contributed by atoms with van der Waals surface area (Å²) in [4.78, 5) is 29.4. The third-order valence-electron chi connectivity index (χ3n) is 10.7. The smallest absolute Gasteiger partial charge is 0.164 e. The van der Waals surface area contributed by atoms with Gasteiger partial charge in [0.05, 0.1) is 0 Å². The lowest BCUT2D eigenvalue weighted by Crippen LogP contribution is -2.02. The van der Waals surface area contributed by atoms with E-state index in [1.54, 1.807) is 0 Å². The molecule has 0 bridgehead atoms. The molecule has 6 nitrogen and oxygen atoms in total. The lowest BCUT2D eigenvalue weighted by molar-refractivity contribution is 1.02. The number of allylic oxidation sites excluding steroid dienone is 9. The summed E-state index contributed by atoms with van der Waals surface area (Å²) >= 11 is 0. The molecule has 6 aromatic carbocycles. The highest BCUT2D eigenvalue weighted by Gasteiger charge is 2.15. The number of rotatable bonds is 10. The zero-order chi connectivity index (χ0) is 41.4. The summed E-state index contributed by atoms with van der Waals surface area (Å²) in [6.07, 6.45) is 15.9. The molecule has 2 aromatic heterocycles. The summed E-state index contributed by atoms with van der Waals surface area (Å²) in [5.41, 5.74) is 12.8. The van der Waals surface area contributed by atoms with Crippen LogP contribution in [0.1, 0.15) is 30.3 Å². The normalized spacial score (nSPS) is 12.9. The molecule has 0 fully saturated rings. The molecule has 9 rings (SSSR count). The monoisotopic (exact) mass is 786 g/mol. The van der Waals surface area contributed by atoms with Crippen LogP contribution in [0.3, 0.4) is 0 Å². The summed E-state index contributed by atoms with van der Waals surface area (Å²) in [5, 5.41) is 0. The molecule has 0 radical (unpaired) electrons. The van der Waals surface area contributed by atoms with E-state index < -0.39 is 0 Å². The van der Waals surface area contributed by atoms with E-state index in [0.29, 0.717) is 41.4 Å². The highest BCUT2D eigenvalue weighted by Crippen LogP contribution is 2.31. The highest BCUT2D eigenvalue weighted by atomic mass is 15.0. The molecular formula is C55H42N6. The summed E-state index contributed by atoms with van der Waals surface area (Å²) in [6, 6.07) is 55.2. The molecule has 2 heterocycles. The van der Waals surface area contributed by atoms with Crippen molar-refractivity contribution in [2.24, 2.45) is 0 Å². The van der Waals surface area contributed by atoms with E-state index in [4.69, 9.17) is 29.9 Å². The van der Waals surface area contributed by atoms with E-state index in [1.165, 1.54) is 11.1 Å². The Hall–Kier alpha value is -7.96. The summed E-state index contributed by atoms with van der Waals surface area (Å²) in [7, 11) is 0. The van der Waals surface area contributed by atoms with Crippen molar-refractivity contribution < 1.29 is 0 Å². The van der Waals surface area contributed by atoms with Crippen LogP contribution in [0.15, 0.2) is 211 Å². The van der Waals surface area contributed by atoms with Gasteiger partial charge >= 0.3 is 0 Å². The molecule has 0 unspecified atom stereocenters. The fourth-order valence-electron chi connectivity index (χ4n) is 7.28. The SMILES string of the molecule is C/C(=C\C=C/c1cccc(-c2ccc(-c3nc(-c4ccccc4)nc(-c4ccccc4)n3)cc2)c1C)C1=CC=C(c2nc(-c3ccccc3)nc(-c3ccccc3)n2)CC=C1. The van der Waals surface area contributed by atoms with Crippen LogP contribution in [0.5, 0.6) is 0 Å². The van der Waals surface area contributed by atoms with E-state index >= 15 is 0 Å². The van der Waals surface area contributed by atoms with Crippen molar-refractivity contribution in [2.75, 3.05) is 0 Å². The molecule has 8 aromatic rings. The second-order valence-corrected chi connectivity index (χ2v) is 14.8. The van der Waals surface area contributed by atoms with Crippen LogP contribution in [0, 0.1) is 6.92 Å². The Labute approximate surface area is 356 Å². The van der Waals surface area contributed by atoms with E-state index in [9.17, 15) is 0 Å². The van der Waals surface area contributed by atoms with Crippen molar-refractivity contribution >= 4 is 11.6 Å². The van der Waals surface area contributed by atoms with Crippen LogP contribution in [0.2, 0.25) is 0 Å². The average Bonchev–Trinajstić information content (AvgIpc) is 3.60. The first-order chi connectivity index (χ1) is 30.1. The molecule has 61 heavy (non-hydrogen) atoms. The van der Waals surface area contributed by atoms with E-state index in [0.717, 1.165) is 55.7 Å². The summed E-state index contributed by atoms with van der Waals surface area (Å²) in [5.74, 6) is 3.94. The quantitative estimate of drug-likeness (QED) is 0.129. The molecule has 1 aliphatic rings. The minimum Gasteiger partial charge on any atom is -0.209 e. The zero-order valence-electron chi connectivity index (χ0n) is 34.0. The van der Waals surface area contributed by atoms with Crippen molar-refractivity contribution in [3.63, 3.8) is 0 Å². The second kappa shape index (κ2) is 17.9.